The van der Waals surface area contributed by atoms with Crippen LogP contribution < -0.4 is 0 Å². The third-order valence-electron chi connectivity index (χ3n) is 3.08. The van der Waals surface area contributed by atoms with Crippen LogP contribution in [0.15, 0.2) is 0 Å². The summed E-state index contributed by atoms with van der Waals surface area (Å²) < 4.78 is 0. The summed E-state index contributed by atoms with van der Waals surface area (Å²) in [7, 11) is 0. The highest BCUT2D eigenvalue weighted by atomic mass is 16.2. The van der Waals surface area contributed by atoms with Crippen molar-refractivity contribution in [2.24, 2.45) is 10.8 Å². The van der Waals surface area contributed by atoms with Crippen LogP contribution >= 0.6 is 0 Å². The molecule has 0 saturated carbocycles. The van der Waals surface area contributed by atoms with E-state index in [-0.39, 0.29) is 11.3 Å². The second-order valence-electron chi connectivity index (χ2n) is 6.20. The van der Waals surface area contributed by atoms with E-state index in [1.54, 1.807) is 6.92 Å². The van der Waals surface area contributed by atoms with E-state index in [2.05, 4.69) is 27.7 Å². The van der Waals surface area contributed by atoms with E-state index in [1.165, 1.54) is 6.42 Å². The Hall–Kier alpha value is -0.530. The van der Waals surface area contributed by atoms with Crippen molar-refractivity contribution in [3.05, 3.63) is 0 Å². The number of hydrogen-bond donors (Lipinski definition) is 0. The van der Waals surface area contributed by atoms with Crippen LogP contribution in [0.5, 0.6) is 0 Å². The van der Waals surface area contributed by atoms with E-state index < -0.39 is 0 Å². The van der Waals surface area contributed by atoms with Gasteiger partial charge in [-0.1, -0.05) is 27.7 Å². The Labute approximate surface area is 87.7 Å². The van der Waals surface area contributed by atoms with Gasteiger partial charge in [0.1, 0.15) is 0 Å². The second-order valence-corrected chi connectivity index (χ2v) is 6.20. The Morgan fingerprint density at radius 1 is 1.14 bits per heavy atom. The Bertz CT molecular complexity index is 230. The maximum Gasteiger partial charge on any atom is 0.219 e. The monoisotopic (exact) mass is 197 g/mol. The van der Waals surface area contributed by atoms with Crippen molar-refractivity contribution in [3.63, 3.8) is 0 Å². The summed E-state index contributed by atoms with van der Waals surface area (Å²) in [4.78, 5) is 13.4. The first-order chi connectivity index (χ1) is 6.22. The number of rotatable bonds is 0. The molecular formula is C12H23NO. The maximum absolute atomic E-state index is 11.4. The predicted molar refractivity (Wildman–Crippen MR) is 59.1 cm³/mol. The van der Waals surface area contributed by atoms with Gasteiger partial charge in [-0.05, 0) is 23.7 Å². The number of hydrogen-bond acceptors (Lipinski definition) is 1. The molecule has 0 unspecified atom stereocenters. The SMILES string of the molecule is CC(=O)N1CCC(C)(C)CC(C)(C)C1. The van der Waals surface area contributed by atoms with Crippen LogP contribution in [0.4, 0.5) is 0 Å². The van der Waals surface area contributed by atoms with E-state index in [4.69, 9.17) is 0 Å². The average Bonchev–Trinajstić information content (AvgIpc) is 2.04. The Balaban J connectivity index is 2.79. The van der Waals surface area contributed by atoms with Gasteiger partial charge in [-0.15, -0.1) is 0 Å². The van der Waals surface area contributed by atoms with Crippen molar-refractivity contribution in [2.45, 2.75) is 47.5 Å². The predicted octanol–water partition coefficient (Wildman–Crippen LogP) is 2.68. The van der Waals surface area contributed by atoms with Gasteiger partial charge in [0.2, 0.25) is 5.91 Å². The van der Waals surface area contributed by atoms with E-state index in [9.17, 15) is 4.79 Å². The van der Waals surface area contributed by atoms with Gasteiger partial charge >= 0.3 is 0 Å². The van der Waals surface area contributed by atoms with Gasteiger partial charge in [0.25, 0.3) is 0 Å². The first-order valence-corrected chi connectivity index (χ1v) is 5.47. The fraction of sp³-hybridized carbons (Fsp3) is 0.917. The van der Waals surface area contributed by atoms with Crippen LogP contribution in [0.25, 0.3) is 0 Å². The standard InChI is InChI=1S/C12H23NO/c1-10(14)13-7-6-11(2,3)8-12(4,5)9-13/h6-9H2,1-5H3. The van der Waals surface area contributed by atoms with Crippen molar-refractivity contribution in [1.82, 2.24) is 4.90 Å². The molecule has 0 aliphatic carbocycles. The first-order valence-electron chi connectivity index (χ1n) is 5.47. The lowest BCUT2D eigenvalue weighted by atomic mass is 9.75. The van der Waals surface area contributed by atoms with Crippen LogP contribution in [-0.2, 0) is 4.79 Å². The van der Waals surface area contributed by atoms with Gasteiger partial charge in [-0.2, -0.15) is 0 Å². The van der Waals surface area contributed by atoms with Crippen LogP contribution in [0.2, 0.25) is 0 Å². The van der Waals surface area contributed by atoms with Gasteiger partial charge in [0.05, 0.1) is 0 Å². The molecule has 2 nitrogen and oxygen atoms in total. The maximum atomic E-state index is 11.4. The van der Waals surface area contributed by atoms with Crippen molar-refractivity contribution in [3.8, 4) is 0 Å². The summed E-state index contributed by atoms with van der Waals surface area (Å²) in [5.74, 6) is 0.218. The summed E-state index contributed by atoms with van der Waals surface area (Å²) in [6.07, 6.45) is 2.32. The summed E-state index contributed by atoms with van der Waals surface area (Å²) >= 11 is 0. The van der Waals surface area contributed by atoms with Gasteiger partial charge < -0.3 is 4.90 Å². The molecule has 1 rings (SSSR count). The largest absolute Gasteiger partial charge is 0.342 e. The molecule has 0 spiro atoms. The summed E-state index contributed by atoms with van der Waals surface area (Å²) in [6, 6.07) is 0. The Morgan fingerprint density at radius 2 is 1.71 bits per heavy atom. The van der Waals surface area contributed by atoms with Crippen molar-refractivity contribution in [2.75, 3.05) is 13.1 Å². The molecule has 14 heavy (non-hydrogen) atoms. The third-order valence-corrected chi connectivity index (χ3v) is 3.08. The van der Waals surface area contributed by atoms with Crippen molar-refractivity contribution < 1.29 is 4.79 Å². The molecular weight excluding hydrogens is 174 g/mol. The summed E-state index contributed by atoms with van der Waals surface area (Å²) in [5, 5.41) is 0. The number of amides is 1. The molecule has 0 radical (unpaired) electrons. The van der Waals surface area contributed by atoms with E-state index in [0.717, 1.165) is 19.5 Å². The minimum absolute atomic E-state index is 0.218. The molecule has 82 valence electrons. The van der Waals surface area contributed by atoms with Crippen LogP contribution in [0, 0.1) is 10.8 Å². The van der Waals surface area contributed by atoms with E-state index >= 15 is 0 Å². The Morgan fingerprint density at radius 3 is 2.21 bits per heavy atom. The molecule has 2 heteroatoms. The van der Waals surface area contributed by atoms with E-state index in [1.807, 2.05) is 4.90 Å². The first kappa shape index (κ1) is 11.5. The Kier molecular flexibility index (Phi) is 2.93. The smallest absolute Gasteiger partial charge is 0.219 e. The fourth-order valence-corrected chi connectivity index (χ4v) is 2.74. The molecule has 0 N–H and O–H groups in total. The van der Waals surface area contributed by atoms with Gasteiger partial charge in [-0.3, -0.25) is 4.79 Å². The molecule has 0 aromatic rings. The van der Waals surface area contributed by atoms with Crippen LogP contribution in [0.1, 0.15) is 47.5 Å². The average molecular weight is 197 g/mol. The lowest BCUT2D eigenvalue weighted by Crippen LogP contribution is -2.36. The quantitative estimate of drug-likeness (QED) is 0.584. The lowest BCUT2D eigenvalue weighted by Gasteiger charge is -2.32. The number of likely N-dealkylation sites (tertiary alicyclic amines) is 1. The fourth-order valence-electron chi connectivity index (χ4n) is 2.74. The molecule has 1 saturated heterocycles. The zero-order chi connectivity index (χ0) is 11.0. The number of nitrogens with zero attached hydrogens (tertiary/aromatic N) is 1. The minimum atomic E-state index is 0.218. The normalized spacial score (nSPS) is 25.6. The molecule has 0 aromatic heterocycles. The number of carbonyl (C=O) groups excluding carboxylic acids is 1. The topological polar surface area (TPSA) is 20.3 Å². The molecule has 1 heterocycles. The summed E-state index contributed by atoms with van der Waals surface area (Å²) in [6.45, 7) is 12.6. The molecule has 1 aliphatic heterocycles. The van der Waals surface area contributed by atoms with Gasteiger partial charge in [0, 0.05) is 20.0 Å². The van der Waals surface area contributed by atoms with Crippen LogP contribution in [0.3, 0.4) is 0 Å². The number of carbonyl (C=O) groups is 1. The van der Waals surface area contributed by atoms with Gasteiger partial charge in [-0.25, -0.2) is 0 Å². The zero-order valence-electron chi connectivity index (χ0n) is 10.2. The molecule has 1 amide bonds. The minimum Gasteiger partial charge on any atom is -0.342 e. The van der Waals surface area contributed by atoms with E-state index in [0.29, 0.717) is 5.41 Å². The lowest BCUT2D eigenvalue weighted by molar-refractivity contribution is -0.129. The van der Waals surface area contributed by atoms with Crippen LogP contribution in [-0.4, -0.2) is 23.9 Å². The highest BCUT2D eigenvalue weighted by Crippen LogP contribution is 2.39. The molecule has 0 aromatic carbocycles. The highest BCUT2D eigenvalue weighted by molar-refractivity contribution is 5.73. The molecule has 0 bridgehead atoms. The van der Waals surface area contributed by atoms with Crippen molar-refractivity contribution >= 4 is 5.91 Å². The molecule has 0 atom stereocenters. The second kappa shape index (κ2) is 3.56. The zero-order valence-corrected chi connectivity index (χ0v) is 10.2. The molecule has 1 fully saturated rings. The van der Waals surface area contributed by atoms with Crippen molar-refractivity contribution in [1.29, 1.82) is 0 Å². The molecule has 1 aliphatic rings. The summed E-state index contributed by atoms with van der Waals surface area (Å²) in [5.41, 5.74) is 0.624. The highest BCUT2D eigenvalue weighted by Gasteiger charge is 2.34. The third kappa shape index (κ3) is 3.00. The van der Waals surface area contributed by atoms with Gasteiger partial charge in [0.15, 0.2) is 0 Å².